The third-order valence-corrected chi connectivity index (χ3v) is 5.45. The lowest BCUT2D eigenvalue weighted by Gasteiger charge is -2.30. The van der Waals surface area contributed by atoms with E-state index in [9.17, 15) is 22.8 Å². The first-order valence-electron chi connectivity index (χ1n) is 9.93. The molecule has 1 fully saturated rings. The maximum absolute atomic E-state index is 13.3. The number of benzene rings is 3. The van der Waals surface area contributed by atoms with Gasteiger partial charge < -0.3 is 9.64 Å². The van der Waals surface area contributed by atoms with Crippen LogP contribution in [0, 0.1) is 0 Å². The zero-order chi connectivity index (χ0) is 23.8. The molecule has 33 heavy (non-hydrogen) atoms. The van der Waals surface area contributed by atoms with Crippen LogP contribution in [0.2, 0.25) is 5.02 Å². The highest BCUT2D eigenvalue weighted by molar-refractivity contribution is 6.30. The van der Waals surface area contributed by atoms with Gasteiger partial charge in [-0.25, -0.2) is 0 Å². The van der Waals surface area contributed by atoms with E-state index in [0.29, 0.717) is 22.2 Å². The molecular formula is C24H18ClF3N2O3. The van der Waals surface area contributed by atoms with Crippen molar-refractivity contribution in [1.82, 2.24) is 4.90 Å². The number of hydrogen-bond acceptors (Lipinski definition) is 3. The molecule has 1 saturated heterocycles. The van der Waals surface area contributed by atoms with Gasteiger partial charge in [-0.3, -0.25) is 14.5 Å². The SMILES string of the molecule is CC(=O)N1CC(=O)N(c2ccc(Oc3ccc(Cl)cc3)cc2)C1c1cccc(C(F)(F)F)c1. The zero-order valence-corrected chi connectivity index (χ0v) is 18.1. The lowest BCUT2D eigenvalue weighted by molar-refractivity contribution is -0.137. The van der Waals surface area contributed by atoms with Gasteiger partial charge in [0.1, 0.15) is 24.2 Å². The Labute approximate surface area is 192 Å². The average molecular weight is 475 g/mol. The van der Waals surface area contributed by atoms with E-state index in [-0.39, 0.29) is 12.1 Å². The van der Waals surface area contributed by atoms with Gasteiger partial charge in [-0.2, -0.15) is 13.2 Å². The van der Waals surface area contributed by atoms with Gasteiger partial charge in [0, 0.05) is 17.6 Å². The number of carbonyl (C=O) groups excluding carboxylic acids is 2. The van der Waals surface area contributed by atoms with E-state index in [1.54, 1.807) is 48.5 Å². The summed E-state index contributed by atoms with van der Waals surface area (Å²) in [7, 11) is 0. The first kappa shape index (κ1) is 22.7. The summed E-state index contributed by atoms with van der Waals surface area (Å²) < 4.78 is 45.6. The topological polar surface area (TPSA) is 49.9 Å². The maximum atomic E-state index is 13.3. The number of alkyl halides is 3. The van der Waals surface area contributed by atoms with Crippen LogP contribution < -0.4 is 9.64 Å². The van der Waals surface area contributed by atoms with Gasteiger partial charge in [-0.15, -0.1) is 0 Å². The summed E-state index contributed by atoms with van der Waals surface area (Å²) in [5.41, 5.74) is -0.239. The Hall–Kier alpha value is -3.52. The fourth-order valence-electron chi connectivity index (χ4n) is 3.67. The smallest absolute Gasteiger partial charge is 0.416 e. The monoisotopic (exact) mass is 474 g/mol. The predicted octanol–water partition coefficient (Wildman–Crippen LogP) is 6.05. The molecule has 1 aliphatic heterocycles. The van der Waals surface area contributed by atoms with Crippen LogP contribution in [0.5, 0.6) is 11.5 Å². The Balaban J connectivity index is 1.67. The summed E-state index contributed by atoms with van der Waals surface area (Å²) >= 11 is 5.87. The number of hydrogen-bond donors (Lipinski definition) is 0. The quantitative estimate of drug-likeness (QED) is 0.463. The van der Waals surface area contributed by atoms with Crippen LogP contribution in [0.25, 0.3) is 0 Å². The Bertz CT molecular complexity index is 1180. The number of ether oxygens (including phenoxy) is 1. The first-order chi connectivity index (χ1) is 15.6. The van der Waals surface area contributed by atoms with Crippen molar-refractivity contribution in [3.8, 4) is 11.5 Å². The Kier molecular flexibility index (Phi) is 6.03. The lowest BCUT2D eigenvalue weighted by Crippen LogP contribution is -2.34. The summed E-state index contributed by atoms with van der Waals surface area (Å²) in [5, 5.41) is 0.570. The van der Waals surface area contributed by atoms with Crippen molar-refractivity contribution in [3.63, 3.8) is 0 Å². The average Bonchev–Trinajstić information content (AvgIpc) is 3.13. The second kappa shape index (κ2) is 8.78. The van der Waals surface area contributed by atoms with E-state index in [2.05, 4.69) is 0 Å². The van der Waals surface area contributed by atoms with Crippen molar-refractivity contribution in [1.29, 1.82) is 0 Å². The number of rotatable bonds is 4. The molecule has 0 saturated carbocycles. The molecule has 0 spiro atoms. The van der Waals surface area contributed by atoms with Gasteiger partial charge in [0.25, 0.3) is 0 Å². The molecule has 4 rings (SSSR count). The molecular weight excluding hydrogens is 457 g/mol. The minimum atomic E-state index is -4.55. The van der Waals surface area contributed by atoms with E-state index in [1.165, 1.54) is 28.9 Å². The third kappa shape index (κ3) is 4.80. The van der Waals surface area contributed by atoms with Crippen molar-refractivity contribution in [3.05, 3.63) is 88.9 Å². The predicted molar refractivity (Wildman–Crippen MR) is 117 cm³/mol. The number of nitrogens with zero attached hydrogens (tertiary/aromatic N) is 2. The van der Waals surface area contributed by atoms with Crippen LogP contribution >= 0.6 is 11.6 Å². The molecule has 0 aliphatic carbocycles. The van der Waals surface area contributed by atoms with Crippen molar-refractivity contribution in [2.75, 3.05) is 11.4 Å². The van der Waals surface area contributed by atoms with Gasteiger partial charge in [-0.05, 0) is 66.2 Å². The second-order valence-corrected chi connectivity index (χ2v) is 7.89. The van der Waals surface area contributed by atoms with Gasteiger partial charge >= 0.3 is 6.18 Å². The molecule has 3 aromatic rings. The molecule has 0 bridgehead atoms. The number of anilines is 1. The fraction of sp³-hybridized carbons (Fsp3) is 0.167. The first-order valence-corrected chi connectivity index (χ1v) is 10.3. The molecule has 3 aromatic carbocycles. The van der Waals surface area contributed by atoms with E-state index >= 15 is 0 Å². The molecule has 9 heteroatoms. The number of carbonyl (C=O) groups is 2. The Morgan fingerprint density at radius 3 is 2.18 bits per heavy atom. The van der Waals surface area contributed by atoms with Crippen molar-refractivity contribution in [2.45, 2.75) is 19.3 Å². The molecule has 5 nitrogen and oxygen atoms in total. The fourth-order valence-corrected chi connectivity index (χ4v) is 3.80. The van der Waals surface area contributed by atoms with Crippen molar-refractivity contribution >= 4 is 29.1 Å². The molecule has 170 valence electrons. The highest BCUT2D eigenvalue weighted by Crippen LogP contribution is 2.38. The summed E-state index contributed by atoms with van der Waals surface area (Å²) in [6.45, 7) is 1.04. The van der Waals surface area contributed by atoms with Crippen LogP contribution in [-0.4, -0.2) is 23.3 Å². The molecule has 0 radical (unpaired) electrons. The highest BCUT2D eigenvalue weighted by Gasteiger charge is 2.42. The Morgan fingerprint density at radius 2 is 1.61 bits per heavy atom. The molecule has 1 atom stereocenters. The minimum absolute atomic E-state index is 0.187. The minimum Gasteiger partial charge on any atom is -0.457 e. The Morgan fingerprint density at radius 1 is 1.00 bits per heavy atom. The van der Waals surface area contributed by atoms with E-state index in [4.69, 9.17) is 16.3 Å². The largest absolute Gasteiger partial charge is 0.457 e. The van der Waals surface area contributed by atoms with Crippen molar-refractivity contribution in [2.24, 2.45) is 0 Å². The van der Waals surface area contributed by atoms with E-state index < -0.39 is 29.7 Å². The van der Waals surface area contributed by atoms with Gasteiger partial charge in [0.05, 0.1) is 5.56 Å². The van der Waals surface area contributed by atoms with Crippen LogP contribution in [0.4, 0.5) is 18.9 Å². The van der Waals surface area contributed by atoms with Crippen LogP contribution in [0.3, 0.4) is 0 Å². The molecule has 1 unspecified atom stereocenters. The molecule has 2 amide bonds. The van der Waals surface area contributed by atoms with E-state index in [0.717, 1.165) is 12.1 Å². The highest BCUT2D eigenvalue weighted by atomic mass is 35.5. The normalized spacial score (nSPS) is 16.3. The molecule has 1 aliphatic rings. The van der Waals surface area contributed by atoms with Gasteiger partial charge in [0.2, 0.25) is 11.8 Å². The molecule has 1 heterocycles. The van der Waals surface area contributed by atoms with Gasteiger partial charge in [-0.1, -0.05) is 23.7 Å². The van der Waals surface area contributed by atoms with Crippen LogP contribution in [-0.2, 0) is 15.8 Å². The standard InChI is InChI=1S/C24H18ClF3N2O3/c1-15(31)29-14-22(32)30(23(29)16-3-2-4-17(13-16)24(26,27)28)19-7-11-21(12-8-19)33-20-9-5-18(25)6-10-20/h2-13,23H,14H2,1H3. The van der Waals surface area contributed by atoms with Crippen molar-refractivity contribution < 1.29 is 27.5 Å². The molecule has 0 N–H and O–H groups in total. The summed E-state index contributed by atoms with van der Waals surface area (Å²) in [4.78, 5) is 27.6. The zero-order valence-electron chi connectivity index (χ0n) is 17.3. The summed E-state index contributed by atoms with van der Waals surface area (Å²) in [6.07, 6.45) is -5.55. The summed E-state index contributed by atoms with van der Waals surface area (Å²) in [5.74, 6) is 0.232. The lowest BCUT2D eigenvalue weighted by atomic mass is 10.1. The van der Waals surface area contributed by atoms with Crippen LogP contribution in [0.1, 0.15) is 24.2 Å². The third-order valence-electron chi connectivity index (χ3n) is 5.19. The van der Waals surface area contributed by atoms with Gasteiger partial charge in [0.15, 0.2) is 0 Å². The van der Waals surface area contributed by atoms with E-state index in [1.807, 2.05) is 0 Å². The number of amides is 2. The number of halogens is 4. The molecule has 0 aromatic heterocycles. The van der Waals surface area contributed by atoms with Crippen LogP contribution in [0.15, 0.2) is 72.8 Å². The summed E-state index contributed by atoms with van der Waals surface area (Å²) in [6, 6.07) is 17.9. The second-order valence-electron chi connectivity index (χ2n) is 7.46. The maximum Gasteiger partial charge on any atom is 0.416 e.